The number of amides is 3. The molecule has 1 fully saturated rings. The number of nitrogens with two attached hydrogens (primary N) is 2. The number of primary amides is 2. The average molecular weight is 331 g/mol. The SMILES string of the molecule is NC(=O)Nc1sc(-c2ccc(OCC3CC3)cc2)cc1C(N)=O. The Morgan fingerprint density at radius 1 is 1.22 bits per heavy atom. The quantitative estimate of drug-likeness (QED) is 0.757. The zero-order chi connectivity index (χ0) is 16.4. The van der Waals surface area contributed by atoms with E-state index in [4.69, 9.17) is 16.2 Å². The van der Waals surface area contributed by atoms with Crippen molar-refractivity contribution in [2.75, 3.05) is 11.9 Å². The van der Waals surface area contributed by atoms with E-state index in [0.717, 1.165) is 22.8 Å². The van der Waals surface area contributed by atoms with Gasteiger partial charge in [-0.15, -0.1) is 11.3 Å². The van der Waals surface area contributed by atoms with Crippen LogP contribution in [0.4, 0.5) is 9.80 Å². The van der Waals surface area contributed by atoms with E-state index in [0.29, 0.717) is 10.9 Å². The molecule has 1 saturated carbocycles. The van der Waals surface area contributed by atoms with E-state index in [9.17, 15) is 9.59 Å². The lowest BCUT2D eigenvalue weighted by Gasteiger charge is -2.05. The second kappa shape index (κ2) is 6.29. The molecule has 1 heterocycles. The summed E-state index contributed by atoms with van der Waals surface area (Å²) in [7, 11) is 0. The zero-order valence-electron chi connectivity index (χ0n) is 12.4. The van der Waals surface area contributed by atoms with Gasteiger partial charge in [-0.2, -0.15) is 0 Å². The fourth-order valence-corrected chi connectivity index (χ4v) is 3.21. The van der Waals surface area contributed by atoms with Crippen LogP contribution in [0, 0.1) is 5.92 Å². The van der Waals surface area contributed by atoms with Crippen molar-refractivity contribution in [2.24, 2.45) is 17.4 Å². The molecule has 0 atom stereocenters. The van der Waals surface area contributed by atoms with Gasteiger partial charge in [0.05, 0.1) is 12.2 Å². The molecule has 1 aliphatic carbocycles. The Bertz CT molecular complexity index is 736. The summed E-state index contributed by atoms with van der Waals surface area (Å²) in [5, 5.41) is 2.78. The molecule has 0 radical (unpaired) electrons. The Kier molecular flexibility index (Phi) is 4.20. The molecular weight excluding hydrogens is 314 g/mol. The maximum absolute atomic E-state index is 11.5. The van der Waals surface area contributed by atoms with Crippen LogP contribution in [0.3, 0.4) is 0 Å². The molecule has 0 aliphatic heterocycles. The van der Waals surface area contributed by atoms with Gasteiger partial charge in [-0.25, -0.2) is 4.79 Å². The molecular formula is C16H17N3O3S. The van der Waals surface area contributed by atoms with Crippen molar-refractivity contribution in [3.8, 4) is 16.2 Å². The molecule has 6 nitrogen and oxygen atoms in total. The summed E-state index contributed by atoms with van der Waals surface area (Å²) in [6, 6.07) is 8.52. The van der Waals surface area contributed by atoms with Crippen LogP contribution in [-0.4, -0.2) is 18.5 Å². The molecule has 120 valence electrons. The van der Waals surface area contributed by atoms with Crippen molar-refractivity contribution in [2.45, 2.75) is 12.8 Å². The number of thiophene rings is 1. The van der Waals surface area contributed by atoms with E-state index in [1.807, 2.05) is 24.3 Å². The molecule has 23 heavy (non-hydrogen) atoms. The highest BCUT2D eigenvalue weighted by atomic mass is 32.1. The molecule has 5 N–H and O–H groups in total. The van der Waals surface area contributed by atoms with Crippen LogP contribution in [0.1, 0.15) is 23.2 Å². The van der Waals surface area contributed by atoms with Crippen molar-refractivity contribution >= 4 is 28.3 Å². The number of hydrogen-bond donors (Lipinski definition) is 3. The second-order valence-corrected chi connectivity index (χ2v) is 6.54. The van der Waals surface area contributed by atoms with Crippen LogP contribution in [0.25, 0.3) is 10.4 Å². The van der Waals surface area contributed by atoms with Gasteiger partial charge in [0.2, 0.25) is 0 Å². The predicted molar refractivity (Wildman–Crippen MR) is 89.7 cm³/mol. The summed E-state index contributed by atoms with van der Waals surface area (Å²) in [6.45, 7) is 0.761. The Labute approximate surface area is 137 Å². The van der Waals surface area contributed by atoms with Gasteiger partial charge in [0.25, 0.3) is 5.91 Å². The van der Waals surface area contributed by atoms with E-state index >= 15 is 0 Å². The Hall–Kier alpha value is -2.54. The molecule has 2 aromatic rings. The van der Waals surface area contributed by atoms with Crippen LogP contribution < -0.4 is 21.5 Å². The highest BCUT2D eigenvalue weighted by molar-refractivity contribution is 7.20. The maximum atomic E-state index is 11.5. The van der Waals surface area contributed by atoms with Gasteiger partial charge in [-0.05, 0) is 54.7 Å². The Morgan fingerprint density at radius 3 is 2.48 bits per heavy atom. The van der Waals surface area contributed by atoms with Crippen LogP contribution in [0.5, 0.6) is 5.75 Å². The van der Waals surface area contributed by atoms with Gasteiger partial charge >= 0.3 is 6.03 Å². The molecule has 7 heteroatoms. The van der Waals surface area contributed by atoms with Crippen LogP contribution in [-0.2, 0) is 0 Å². The van der Waals surface area contributed by atoms with E-state index in [2.05, 4.69) is 5.32 Å². The van der Waals surface area contributed by atoms with Crippen molar-refractivity contribution in [3.05, 3.63) is 35.9 Å². The first-order chi connectivity index (χ1) is 11.0. The van der Waals surface area contributed by atoms with E-state index < -0.39 is 11.9 Å². The summed E-state index contributed by atoms with van der Waals surface area (Å²) >= 11 is 1.25. The number of benzene rings is 1. The molecule has 0 bridgehead atoms. The van der Waals surface area contributed by atoms with Crippen LogP contribution in [0.2, 0.25) is 0 Å². The minimum absolute atomic E-state index is 0.248. The number of urea groups is 1. The molecule has 0 unspecified atom stereocenters. The average Bonchev–Trinajstić information content (AvgIpc) is 3.24. The largest absolute Gasteiger partial charge is 0.493 e. The molecule has 0 spiro atoms. The number of carbonyl (C=O) groups is 2. The maximum Gasteiger partial charge on any atom is 0.317 e. The van der Waals surface area contributed by atoms with Gasteiger partial charge in [0.1, 0.15) is 10.8 Å². The number of carbonyl (C=O) groups excluding carboxylic acids is 2. The molecule has 1 aromatic heterocycles. The third kappa shape index (κ3) is 3.81. The number of nitrogens with one attached hydrogen (secondary N) is 1. The summed E-state index contributed by atoms with van der Waals surface area (Å²) in [5.41, 5.74) is 11.6. The third-order valence-corrected chi connectivity index (χ3v) is 4.66. The molecule has 3 amide bonds. The van der Waals surface area contributed by atoms with Crippen LogP contribution in [0.15, 0.2) is 30.3 Å². The van der Waals surface area contributed by atoms with E-state index in [-0.39, 0.29) is 5.56 Å². The summed E-state index contributed by atoms with van der Waals surface area (Å²) < 4.78 is 5.70. The Morgan fingerprint density at radius 2 is 1.91 bits per heavy atom. The Balaban J connectivity index is 1.79. The first kappa shape index (κ1) is 15.4. The number of anilines is 1. The number of ether oxygens (including phenoxy) is 1. The normalized spacial score (nSPS) is 13.6. The fourth-order valence-electron chi connectivity index (χ4n) is 2.14. The summed E-state index contributed by atoms with van der Waals surface area (Å²) in [5.74, 6) is 0.913. The van der Waals surface area contributed by atoms with Crippen molar-refractivity contribution < 1.29 is 14.3 Å². The fraction of sp³-hybridized carbons (Fsp3) is 0.250. The standard InChI is InChI=1S/C16H17N3O3S/c17-14(20)12-7-13(23-15(12)19-16(18)21)10-3-5-11(6-4-10)22-8-9-1-2-9/h3-7,9H,1-2,8H2,(H2,17,20)(H3,18,19,21). The highest BCUT2D eigenvalue weighted by Crippen LogP contribution is 2.36. The molecule has 1 aliphatic rings. The molecule has 1 aromatic carbocycles. The monoisotopic (exact) mass is 331 g/mol. The summed E-state index contributed by atoms with van der Waals surface area (Å²) in [4.78, 5) is 23.3. The zero-order valence-corrected chi connectivity index (χ0v) is 13.2. The van der Waals surface area contributed by atoms with E-state index in [1.54, 1.807) is 6.07 Å². The van der Waals surface area contributed by atoms with Crippen molar-refractivity contribution in [1.29, 1.82) is 0 Å². The molecule has 0 saturated heterocycles. The lowest BCUT2D eigenvalue weighted by atomic mass is 10.1. The third-order valence-electron chi connectivity index (χ3n) is 3.56. The van der Waals surface area contributed by atoms with Gasteiger partial charge in [-0.1, -0.05) is 0 Å². The lowest BCUT2D eigenvalue weighted by molar-refractivity contribution is 0.100. The minimum atomic E-state index is -0.732. The van der Waals surface area contributed by atoms with Gasteiger partial charge < -0.3 is 16.2 Å². The summed E-state index contributed by atoms with van der Waals surface area (Å²) in [6.07, 6.45) is 2.50. The number of rotatable bonds is 6. The minimum Gasteiger partial charge on any atom is -0.493 e. The number of hydrogen-bond acceptors (Lipinski definition) is 4. The molecule has 3 rings (SSSR count). The van der Waals surface area contributed by atoms with Gasteiger partial charge in [0.15, 0.2) is 0 Å². The first-order valence-corrected chi connectivity index (χ1v) is 8.08. The van der Waals surface area contributed by atoms with Crippen molar-refractivity contribution in [1.82, 2.24) is 0 Å². The lowest BCUT2D eigenvalue weighted by Crippen LogP contribution is -2.21. The van der Waals surface area contributed by atoms with Gasteiger partial charge in [0, 0.05) is 4.88 Å². The van der Waals surface area contributed by atoms with Gasteiger partial charge in [-0.3, -0.25) is 10.1 Å². The van der Waals surface area contributed by atoms with Crippen molar-refractivity contribution in [3.63, 3.8) is 0 Å². The highest BCUT2D eigenvalue weighted by Gasteiger charge is 2.22. The topological polar surface area (TPSA) is 107 Å². The van der Waals surface area contributed by atoms with E-state index in [1.165, 1.54) is 24.2 Å². The smallest absolute Gasteiger partial charge is 0.317 e. The first-order valence-electron chi connectivity index (χ1n) is 7.26. The predicted octanol–water partition coefficient (Wildman–Crippen LogP) is 2.79. The second-order valence-electron chi connectivity index (χ2n) is 5.49. The van der Waals surface area contributed by atoms with Crippen LogP contribution >= 0.6 is 11.3 Å².